The van der Waals surface area contributed by atoms with E-state index in [-0.39, 0.29) is 5.75 Å². The highest BCUT2D eigenvalue weighted by atomic mass is 19.3. The fourth-order valence-electron chi connectivity index (χ4n) is 1.82. The van der Waals surface area contributed by atoms with Gasteiger partial charge in [-0.25, -0.2) is 4.68 Å². The van der Waals surface area contributed by atoms with Gasteiger partial charge >= 0.3 is 6.61 Å². The predicted molar refractivity (Wildman–Crippen MR) is 73.8 cm³/mol. The van der Waals surface area contributed by atoms with E-state index in [9.17, 15) is 8.78 Å². The van der Waals surface area contributed by atoms with Gasteiger partial charge in [-0.15, -0.1) is 0 Å². The maximum atomic E-state index is 12.4. The van der Waals surface area contributed by atoms with Crippen LogP contribution in [0.4, 0.5) is 8.78 Å². The molecule has 0 spiro atoms. The van der Waals surface area contributed by atoms with Crippen molar-refractivity contribution < 1.29 is 18.3 Å². The molecular weight excluding hydrogens is 280 g/mol. The molecule has 1 heterocycles. The molecule has 1 aromatic carbocycles. The summed E-state index contributed by atoms with van der Waals surface area (Å²) in [6.07, 6.45) is 1.71. The van der Waals surface area contributed by atoms with E-state index in [1.165, 1.54) is 10.7 Å². The van der Waals surface area contributed by atoms with Crippen molar-refractivity contribution in [2.24, 2.45) is 0 Å². The monoisotopic (exact) mass is 297 g/mol. The zero-order valence-electron chi connectivity index (χ0n) is 11.6. The summed E-state index contributed by atoms with van der Waals surface area (Å²) in [6, 6.07) is 8.36. The molecule has 0 fully saturated rings. The fourth-order valence-corrected chi connectivity index (χ4v) is 1.82. The second-order valence-corrected chi connectivity index (χ2v) is 4.27. The van der Waals surface area contributed by atoms with Gasteiger partial charge in [0.2, 0.25) is 0 Å². The second kappa shape index (κ2) is 7.70. The van der Waals surface area contributed by atoms with Crippen LogP contribution >= 0.6 is 0 Å². The van der Waals surface area contributed by atoms with Crippen molar-refractivity contribution in [3.05, 3.63) is 42.2 Å². The second-order valence-electron chi connectivity index (χ2n) is 4.27. The van der Waals surface area contributed by atoms with Crippen molar-refractivity contribution in [3.8, 4) is 11.4 Å². The Labute approximate surface area is 121 Å². The Morgan fingerprint density at radius 2 is 2.10 bits per heavy atom. The molecule has 0 saturated heterocycles. The van der Waals surface area contributed by atoms with Crippen LogP contribution in [0.3, 0.4) is 0 Å². The molecule has 1 aromatic heterocycles. The zero-order valence-corrected chi connectivity index (χ0v) is 11.6. The van der Waals surface area contributed by atoms with Crippen molar-refractivity contribution in [2.75, 3.05) is 20.3 Å². The minimum Gasteiger partial charge on any atom is -0.433 e. The summed E-state index contributed by atoms with van der Waals surface area (Å²) in [5.41, 5.74) is 1.28. The lowest BCUT2D eigenvalue weighted by Crippen LogP contribution is -2.18. The lowest BCUT2D eigenvalue weighted by molar-refractivity contribution is -0.0499. The van der Waals surface area contributed by atoms with E-state index in [1.807, 2.05) is 6.07 Å². The summed E-state index contributed by atoms with van der Waals surface area (Å²) in [5.74, 6) is 0.0921. The number of nitrogens with one attached hydrogen (secondary N) is 1. The number of alkyl halides is 2. The first kappa shape index (κ1) is 15.4. The minimum atomic E-state index is -2.86. The molecule has 2 aromatic rings. The third-order valence-corrected chi connectivity index (χ3v) is 2.76. The highest BCUT2D eigenvalue weighted by molar-refractivity contribution is 5.46. The van der Waals surface area contributed by atoms with Gasteiger partial charge in [0.15, 0.2) is 5.75 Å². The number of para-hydroxylation sites is 2. The first-order valence-corrected chi connectivity index (χ1v) is 6.49. The summed E-state index contributed by atoms with van der Waals surface area (Å²) < 4.78 is 35.7. The summed E-state index contributed by atoms with van der Waals surface area (Å²) in [4.78, 5) is 0. The zero-order chi connectivity index (χ0) is 15.1. The van der Waals surface area contributed by atoms with Crippen LogP contribution in [-0.2, 0) is 11.3 Å². The van der Waals surface area contributed by atoms with Crippen LogP contribution in [0.25, 0.3) is 5.69 Å². The van der Waals surface area contributed by atoms with Gasteiger partial charge in [-0.05, 0) is 18.2 Å². The van der Waals surface area contributed by atoms with Crippen molar-refractivity contribution in [1.82, 2.24) is 15.1 Å². The van der Waals surface area contributed by atoms with Crippen LogP contribution in [-0.4, -0.2) is 36.7 Å². The Morgan fingerprint density at radius 1 is 1.29 bits per heavy atom. The molecule has 114 valence electrons. The molecular formula is C14H17F2N3O2. The SMILES string of the molecule is COCCNCc1ccn(-c2ccccc2OC(F)F)n1. The molecule has 0 amide bonds. The van der Waals surface area contributed by atoms with E-state index in [4.69, 9.17) is 4.74 Å². The van der Waals surface area contributed by atoms with Crippen LogP contribution in [0.1, 0.15) is 5.69 Å². The number of rotatable bonds is 8. The molecule has 0 atom stereocenters. The Morgan fingerprint density at radius 3 is 2.86 bits per heavy atom. The van der Waals surface area contributed by atoms with Gasteiger partial charge in [-0.3, -0.25) is 0 Å². The fraction of sp³-hybridized carbons (Fsp3) is 0.357. The van der Waals surface area contributed by atoms with Gasteiger partial charge in [0, 0.05) is 26.4 Å². The van der Waals surface area contributed by atoms with E-state index < -0.39 is 6.61 Å². The molecule has 2 rings (SSSR count). The quantitative estimate of drug-likeness (QED) is 0.759. The number of hydrogen-bond donors (Lipinski definition) is 1. The molecule has 5 nitrogen and oxygen atoms in total. The number of nitrogens with zero attached hydrogens (tertiary/aromatic N) is 2. The highest BCUT2D eigenvalue weighted by Gasteiger charge is 2.11. The van der Waals surface area contributed by atoms with Gasteiger partial charge < -0.3 is 14.8 Å². The first-order chi connectivity index (χ1) is 10.2. The van der Waals surface area contributed by atoms with Gasteiger partial charge in [0.25, 0.3) is 0 Å². The largest absolute Gasteiger partial charge is 0.433 e. The molecule has 0 bridgehead atoms. The van der Waals surface area contributed by atoms with E-state index in [0.29, 0.717) is 25.4 Å². The van der Waals surface area contributed by atoms with Crippen molar-refractivity contribution in [1.29, 1.82) is 0 Å². The molecule has 0 aliphatic carbocycles. The molecule has 0 unspecified atom stereocenters. The summed E-state index contributed by atoms with van der Waals surface area (Å²) in [5, 5.41) is 7.50. The Hall–Kier alpha value is -1.99. The average molecular weight is 297 g/mol. The maximum Gasteiger partial charge on any atom is 0.387 e. The Bertz CT molecular complexity index is 561. The van der Waals surface area contributed by atoms with Crippen LogP contribution < -0.4 is 10.1 Å². The summed E-state index contributed by atoms with van der Waals surface area (Å²) in [7, 11) is 1.64. The Kier molecular flexibility index (Phi) is 5.65. The number of aromatic nitrogens is 2. The van der Waals surface area contributed by atoms with E-state index in [2.05, 4.69) is 15.2 Å². The molecule has 1 N–H and O–H groups in total. The minimum absolute atomic E-state index is 0.0921. The third kappa shape index (κ3) is 4.51. The van der Waals surface area contributed by atoms with Crippen molar-refractivity contribution >= 4 is 0 Å². The van der Waals surface area contributed by atoms with E-state index >= 15 is 0 Å². The van der Waals surface area contributed by atoms with E-state index in [1.54, 1.807) is 31.5 Å². The van der Waals surface area contributed by atoms with Crippen molar-refractivity contribution in [3.63, 3.8) is 0 Å². The number of ether oxygens (including phenoxy) is 2. The normalized spacial score (nSPS) is 11.0. The number of benzene rings is 1. The summed E-state index contributed by atoms with van der Waals surface area (Å²) in [6.45, 7) is -0.953. The van der Waals surface area contributed by atoms with Crippen LogP contribution in [0.5, 0.6) is 5.75 Å². The standard InChI is InChI=1S/C14H17F2N3O2/c1-20-9-7-17-10-11-6-8-19(18-11)12-4-2-3-5-13(12)21-14(15)16/h2-6,8,14,17H,7,9-10H2,1H3. The van der Waals surface area contributed by atoms with E-state index in [0.717, 1.165) is 5.69 Å². The molecule has 0 aliphatic heterocycles. The number of hydrogen-bond acceptors (Lipinski definition) is 4. The molecule has 0 aliphatic rings. The summed E-state index contributed by atoms with van der Waals surface area (Å²) >= 11 is 0. The van der Waals surface area contributed by atoms with Crippen LogP contribution in [0.2, 0.25) is 0 Å². The number of methoxy groups -OCH3 is 1. The first-order valence-electron chi connectivity index (χ1n) is 6.49. The highest BCUT2D eigenvalue weighted by Crippen LogP contribution is 2.23. The third-order valence-electron chi connectivity index (χ3n) is 2.76. The van der Waals surface area contributed by atoms with Gasteiger partial charge in [-0.1, -0.05) is 12.1 Å². The van der Waals surface area contributed by atoms with Gasteiger partial charge in [0.1, 0.15) is 5.69 Å². The molecule has 0 radical (unpaired) electrons. The number of halogens is 2. The lowest BCUT2D eigenvalue weighted by atomic mass is 10.3. The molecule has 0 saturated carbocycles. The van der Waals surface area contributed by atoms with Gasteiger partial charge in [-0.2, -0.15) is 13.9 Å². The molecule has 7 heteroatoms. The van der Waals surface area contributed by atoms with Gasteiger partial charge in [0.05, 0.1) is 12.3 Å². The average Bonchev–Trinajstić information content (AvgIpc) is 2.92. The Balaban J connectivity index is 2.07. The topological polar surface area (TPSA) is 48.3 Å². The lowest BCUT2D eigenvalue weighted by Gasteiger charge is -2.10. The predicted octanol–water partition coefficient (Wildman–Crippen LogP) is 2.21. The van der Waals surface area contributed by atoms with Crippen LogP contribution in [0, 0.1) is 0 Å². The van der Waals surface area contributed by atoms with Crippen molar-refractivity contribution in [2.45, 2.75) is 13.2 Å². The smallest absolute Gasteiger partial charge is 0.387 e. The molecule has 21 heavy (non-hydrogen) atoms. The maximum absolute atomic E-state index is 12.4. The van der Waals surface area contributed by atoms with Crippen LogP contribution in [0.15, 0.2) is 36.5 Å².